The summed E-state index contributed by atoms with van der Waals surface area (Å²) < 4.78 is 3.71. The zero-order valence-corrected chi connectivity index (χ0v) is 7.90. The summed E-state index contributed by atoms with van der Waals surface area (Å²) in [6, 6.07) is 0. The molecule has 0 aliphatic rings. The van der Waals surface area contributed by atoms with Crippen molar-refractivity contribution in [3.05, 3.63) is 23.1 Å². The van der Waals surface area contributed by atoms with Gasteiger partial charge >= 0.3 is 0 Å². The maximum Gasteiger partial charge on any atom is 0.155 e. The van der Waals surface area contributed by atoms with Crippen LogP contribution in [0.2, 0.25) is 0 Å². The summed E-state index contributed by atoms with van der Waals surface area (Å²) in [5, 5.41) is 4.27. The van der Waals surface area contributed by atoms with Gasteiger partial charge < -0.3 is 4.57 Å². The molecule has 0 N–H and O–H groups in total. The molecule has 0 bridgehead atoms. The molecule has 13 heavy (non-hydrogen) atoms. The molecule has 0 aliphatic heterocycles. The molecule has 0 aliphatic carbocycles. The number of aryl methyl sites for hydroxylation is 3. The van der Waals surface area contributed by atoms with Crippen molar-refractivity contribution in [2.75, 3.05) is 0 Å². The molecular weight excluding hydrogens is 166 g/mol. The predicted octanol–water partition coefficient (Wildman–Crippen LogP) is 1.10. The molecule has 0 unspecified atom stereocenters. The van der Waals surface area contributed by atoms with E-state index in [1.54, 1.807) is 4.52 Å². The predicted molar refractivity (Wildman–Crippen MR) is 49.0 cm³/mol. The van der Waals surface area contributed by atoms with Gasteiger partial charge in [-0.2, -0.15) is 5.10 Å². The lowest BCUT2D eigenvalue weighted by Crippen LogP contribution is -1.89. The molecule has 0 saturated heterocycles. The molecule has 68 valence electrons. The van der Waals surface area contributed by atoms with E-state index in [1.165, 1.54) is 0 Å². The lowest BCUT2D eigenvalue weighted by Gasteiger charge is -1.90. The van der Waals surface area contributed by atoms with Gasteiger partial charge in [-0.25, -0.2) is 4.52 Å². The van der Waals surface area contributed by atoms with Crippen molar-refractivity contribution in [1.82, 2.24) is 14.2 Å². The zero-order valence-electron chi connectivity index (χ0n) is 7.90. The van der Waals surface area contributed by atoms with Crippen LogP contribution in [0.4, 0.5) is 0 Å². The van der Waals surface area contributed by atoms with Crippen molar-refractivity contribution in [2.45, 2.75) is 13.8 Å². The van der Waals surface area contributed by atoms with Crippen LogP contribution in [-0.4, -0.2) is 20.5 Å². The number of carbonyl (C=O) groups is 1. The Kier molecular flexibility index (Phi) is 1.52. The topological polar surface area (TPSA) is 39.3 Å². The van der Waals surface area contributed by atoms with Crippen LogP contribution < -0.4 is 0 Å². The van der Waals surface area contributed by atoms with Crippen LogP contribution in [0.3, 0.4) is 0 Å². The van der Waals surface area contributed by atoms with Crippen molar-refractivity contribution in [2.24, 2.45) is 7.05 Å². The van der Waals surface area contributed by atoms with Crippen LogP contribution in [0.25, 0.3) is 5.65 Å². The third-order valence-corrected chi connectivity index (χ3v) is 2.25. The largest absolute Gasteiger partial charge is 0.334 e. The van der Waals surface area contributed by atoms with Crippen molar-refractivity contribution >= 4 is 11.9 Å². The lowest BCUT2D eigenvalue weighted by atomic mass is 10.3. The number of aldehydes is 1. The van der Waals surface area contributed by atoms with Gasteiger partial charge in [0.15, 0.2) is 6.29 Å². The summed E-state index contributed by atoms with van der Waals surface area (Å²) in [6.07, 6.45) is 2.81. The number of aromatic nitrogens is 3. The van der Waals surface area contributed by atoms with Crippen LogP contribution in [0.1, 0.15) is 21.7 Å². The minimum atomic E-state index is 0.676. The molecule has 4 nitrogen and oxygen atoms in total. The van der Waals surface area contributed by atoms with E-state index >= 15 is 0 Å². The van der Waals surface area contributed by atoms with E-state index in [0.29, 0.717) is 5.56 Å². The first-order valence-electron chi connectivity index (χ1n) is 4.11. The fraction of sp³-hybridized carbons (Fsp3) is 0.333. The summed E-state index contributed by atoms with van der Waals surface area (Å²) >= 11 is 0. The quantitative estimate of drug-likeness (QED) is 0.612. The normalized spacial score (nSPS) is 11.0. The van der Waals surface area contributed by atoms with Gasteiger partial charge in [-0.1, -0.05) is 0 Å². The summed E-state index contributed by atoms with van der Waals surface area (Å²) in [5.41, 5.74) is 3.36. The first kappa shape index (κ1) is 8.04. The number of rotatable bonds is 1. The summed E-state index contributed by atoms with van der Waals surface area (Å²) in [4.78, 5) is 10.8. The van der Waals surface area contributed by atoms with Crippen LogP contribution in [0.5, 0.6) is 0 Å². The highest BCUT2D eigenvalue weighted by Crippen LogP contribution is 2.15. The summed E-state index contributed by atoms with van der Waals surface area (Å²) in [7, 11) is 1.91. The van der Waals surface area contributed by atoms with Gasteiger partial charge in [-0.05, 0) is 13.8 Å². The Morgan fingerprint density at radius 3 is 2.77 bits per heavy atom. The van der Waals surface area contributed by atoms with Gasteiger partial charge in [-0.3, -0.25) is 4.79 Å². The Morgan fingerprint density at radius 1 is 1.46 bits per heavy atom. The number of imidazole rings is 1. The highest BCUT2D eigenvalue weighted by Gasteiger charge is 2.12. The number of carbonyl (C=O) groups excluding carboxylic acids is 1. The smallest absolute Gasteiger partial charge is 0.155 e. The second-order valence-electron chi connectivity index (χ2n) is 3.23. The molecule has 0 amide bonds. The molecule has 4 heteroatoms. The molecule has 0 spiro atoms. The zero-order chi connectivity index (χ0) is 9.59. The van der Waals surface area contributed by atoms with Crippen molar-refractivity contribution < 1.29 is 4.79 Å². The Bertz CT molecular complexity index is 478. The highest BCUT2D eigenvalue weighted by atomic mass is 16.1. The Hall–Kier alpha value is -1.58. The Morgan fingerprint density at radius 2 is 2.15 bits per heavy atom. The summed E-state index contributed by atoms with van der Waals surface area (Å²) in [5.74, 6) is 0. The second kappa shape index (κ2) is 2.45. The van der Waals surface area contributed by atoms with Crippen molar-refractivity contribution in [3.8, 4) is 0 Å². The average molecular weight is 177 g/mol. The van der Waals surface area contributed by atoms with Crippen LogP contribution in [0.15, 0.2) is 6.20 Å². The van der Waals surface area contributed by atoms with Crippen molar-refractivity contribution in [3.63, 3.8) is 0 Å². The van der Waals surface area contributed by atoms with Crippen LogP contribution in [0, 0.1) is 13.8 Å². The Balaban J connectivity index is 2.96. The molecule has 0 fully saturated rings. The van der Waals surface area contributed by atoms with E-state index in [2.05, 4.69) is 5.10 Å². The molecule has 2 aromatic heterocycles. The molecule has 0 saturated carbocycles. The molecule has 2 aromatic rings. The van der Waals surface area contributed by atoms with Gasteiger partial charge in [0.2, 0.25) is 0 Å². The van der Waals surface area contributed by atoms with Gasteiger partial charge in [0.05, 0.1) is 17.0 Å². The minimum Gasteiger partial charge on any atom is -0.334 e. The Labute approximate surface area is 75.8 Å². The SMILES string of the molecule is Cc1nn2c(C)cn(C)c2c1C=O. The number of nitrogens with zero attached hydrogens (tertiary/aromatic N) is 3. The van der Waals surface area contributed by atoms with Crippen LogP contribution in [-0.2, 0) is 7.05 Å². The van der Waals surface area contributed by atoms with Gasteiger partial charge in [-0.15, -0.1) is 0 Å². The summed E-state index contributed by atoms with van der Waals surface area (Å²) in [6.45, 7) is 3.81. The maximum atomic E-state index is 10.8. The lowest BCUT2D eigenvalue weighted by molar-refractivity contribution is 0.112. The molecular formula is C9H11N3O. The van der Waals surface area contributed by atoms with E-state index in [4.69, 9.17) is 0 Å². The number of fused-ring (bicyclic) bond motifs is 1. The molecule has 0 atom stereocenters. The third kappa shape index (κ3) is 0.915. The van der Waals surface area contributed by atoms with Crippen molar-refractivity contribution in [1.29, 1.82) is 0 Å². The third-order valence-electron chi connectivity index (χ3n) is 2.25. The highest BCUT2D eigenvalue weighted by molar-refractivity contribution is 5.86. The first-order valence-corrected chi connectivity index (χ1v) is 4.11. The monoisotopic (exact) mass is 177 g/mol. The molecule has 0 aromatic carbocycles. The first-order chi connectivity index (χ1) is 6.15. The van der Waals surface area contributed by atoms with Crippen LogP contribution >= 0.6 is 0 Å². The van der Waals surface area contributed by atoms with E-state index in [-0.39, 0.29) is 0 Å². The second-order valence-corrected chi connectivity index (χ2v) is 3.23. The molecule has 2 rings (SSSR count). The fourth-order valence-corrected chi connectivity index (χ4v) is 1.65. The van der Waals surface area contributed by atoms with E-state index in [0.717, 1.165) is 23.3 Å². The maximum absolute atomic E-state index is 10.8. The number of hydrogen-bond donors (Lipinski definition) is 0. The van der Waals surface area contributed by atoms with Gasteiger partial charge in [0, 0.05) is 13.2 Å². The van der Waals surface area contributed by atoms with E-state index < -0.39 is 0 Å². The van der Waals surface area contributed by atoms with E-state index in [9.17, 15) is 4.79 Å². The average Bonchev–Trinajstić information content (AvgIpc) is 2.52. The van der Waals surface area contributed by atoms with E-state index in [1.807, 2.05) is 31.7 Å². The standard InChI is InChI=1S/C9H11N3O/c1-6-4-11(3)9-8(5-13)7(2)10-12(6)9/h4-5H,1-3H3. The van der Waals surface area contributed by atoms with Gasteiger partial charge in [0.1, 0.15) is 5.65 Å². The molecule has 0 radical (unpaired) electrons. The molecule has 2 heterocycles. The number of hydrogen-bond acceptors (Lipinski definition) is 2. The minimum absolute atomic E-state index is 0.676. The fourth-order valence-electron chi connectivity index (χ4n) is 1.65. The van der Waals surface area contributed by atoms with Gasteiger partial charge in [0.25, 0.3) is 0 Å².